The van der Waals surface area contributed by atoms with E-state index in [9.17, 15) is 5.11 Å². The van der Waals surface area contributed by atoms with E-state index in [1.807, 2.05) is 0 Å². The standard InChI is InChI=1S/C11H18BrNOS/c1-8(2)5-9(7-14)13-6-11-10(12)3-4-15-11/h3-4,8-9,13-14H,5-7H2,1-2H3/t9-/m0/s1. The summed E-state index contributed by atoms with van der Waals surface area (Å²) in [5, 5.41) is 14.6. The Morgan fingerprint density at radius 1 is 1.53 bits per heavy atom. The number of rotatable bonds is 6. The zero-order valence-corrected chi connectivity index (χ0v) is 11.6. The zero-order valence-electron chi connectivity index (χ0n) is 9.16. The molecule has 0 amide bonds. The summed E-state index contributed by atoms with van der Waals surface area (Å²) in [7, 11) is 0. The predicted molar refractivity (Wildman–Crippen MR) is 69.2 cm³/mol. The first-order valence-electron chi connectivity index (χ1n) is 5.19. The van der Waals surface area contributed by atoms with Gasteiger partial charge in [0.15, 0.2) is 0 Å². The SMILES string of the molecule is CC(C)C[C@@H](CO)NCc1sccc1Br. The molecule has 0 fully saturated rings. The number of nitrogens with one attached hydrogen (secondary N) is 1. The molecule has 0 unspecified atom stereocenters. The Bertz CT molecular complexity index is 288. The first kappa shape index (κ1) is 13.2. The lowest BCUT2D eigenvalue weighted by Gasteiger charge is -2.17. The summed E-state index contributed by atoms with van der Waals surface area (Å²) in [6, 6.07) is 2.26. The first-order chi connectivity index (χ1) is 7.13. The van der Waals surface area contributed by atoms with Crippen LogP contribution in [0.5, 0.6) is 0 Å². The molecule has 2 N–H and O–H groups in total. The van der Waals surface area contributed by atoms with E-state index in [-0.39, 0.29) is 12.6 Å². The van der Waals surface area contributed by atoms with Gasteiger partial charge in [0.05, 0.1) is 6.61 Å². The Hall–Kier alpha value is 0.100. The number of hydrogen-bond acceptors (Lipinski definition) is 3. The Morgan fingerprint density at radius 3 is 2.73 bits per heavy atom. The van der Waals surface area contributed by atoms with Gasteiger partial charge in [-0.2, -0.15) is 0 Å². The largest absolute Gasteiger partial charge is 0.395 e. The maximum absolute atomic E-state index is 9.20. The second kappa shape index (κ2) is 6.63. The second-order valence-electron chi connectivity index (χ2n) is 4.08. The van der Waals surface area contributed by atoms with Crippen LogP contribution in [0.2, 0.25) is 0 Å². The highest BCUT2D eigenvalue weighted by atomic mass is 79.9. The summed E-state index contributed by atoms with van der Waals surface area (Å²) in [6.07, 6.45) is 1.01. The van der Waals surface area contributed by atoms with Crippen LogP contribution in [-0.2, 0) is 6.54 Å². The lowest BCUT2D eigenvalue weighted by molar-refractivity contribution is 0.224. The molecule has 0 spiro atoms. The highest BCUT2D eigenvalue weighted by Gasteiger charge is 2.10. The van der Waals surface area contributed by atoms with Crippen LogP contribution in [0.1, 0.15) is 25.1 Å². The molecule has 0 aliphatic carbocycles. The minimum absolute atomic E-state index is 0.207. The molecule has 1 atom stereocenters. The van der Waals surface area contributed by atoms with Crippen molar-refractivity contribution in [3.63, 3.8) is 0 Å². The van der Waals surface area contributed by atoms with Gasteiger partial charge in [0.25, 0.3) is 0 Å². The minimum atomic E-state index is 0.207. The van der Waals surface area contributed by atoms with Crippen LogP contribution in [0.4, 0.5) is 0 Å². The fraction of sp³-hybridized carbons (Fsp3) is 0.636. The molecule has 86 valence electrons. The van der Waals surface area contributed by atoms with Crippen molar-refractivity contribution in [2.45, 2.75) is 32.9 Å². The molecular weight excluding hydrogens is 274 g/mol. The van der Waals surface area contributed by atoms with Gasteiger partial charge < -0.3 is 10.4 Å². The Morgan fingerprint density at radius 2 is 2.27 bits per heavy atom. The van der Waals surface area contributed by atoms with Crippen molar-refractivity contribution >= 4 is 27.3 Å². The van der Waals surface area contributed by atoms with E-state index in [0.29, 0.717) is 5.92 Å². The van der Waals surface area contributed by atoms with Crippen LogP contribution in [0, 0.1) is 5.92 Å². The van der Waals surface area contributed by atoms with E-state index in [0.717, 1.165) is 17.4 Å². The third-order valence-corrected chi connectivity index (χ3v) is 4.14. The topological polar surface area (TPSA) is 32.3 Å². The number of aliphatic hydroxyl groups is 1. The summed E-state index contributed by atoms with van der Waals surface area (Å²) < 4.78 is 1.15. The average Bonchev–Trinajstić information content (AvgIpc) is 2.58. The second-order valence-corrected chi connectivity index (χ2v) is 5.94. The monoisotopic (exact) mass is 291 g/mol. The third-order valence-electron chi connectivity index (χ3n) is 2.22. The van der Waals surface area contributed by atoms with Gasteiger partial charge in [-0.1, -0.05) is 13.8 Å². The molecule has 2 nitrogen and oxygen atoms in total. The van der Waals surface area contributed by atoms with Gasteiger partial charge in [0.2, 0.25) is 0 Å². The van der Waals surface area contributed by atoms with Gasteiger partial charge in [-0.05, 0) is 39.7 Å². The quantitative estimate of drug-likeness (QED) is 0.845. The minimum Gasteiger partial charge on any atom is -0.395 e. The van der Waals surface area contributed by atoms with Crippen molar-refractivity contribution in [3.8, 4) is 0 Å². The molecule has 4 heteroatoms. The van der Waals surface area contributed by atoms with Crippen molar-refractivity contribution in [1.82, 2.24) is 5.32 Å². The van der Waals surface area contributed by atoms with Gasteiger partial charge in [0.1, 0.15) is 0 Å². The molecule has 0 saturated heterocycles. The molecule has 0 bridgehead atoms. The molecule has 1 aromatic heterocycles. The molecule has 15 heavy (non-hydrogen) atoms. The van der Waals surface area contributed by atoms with E-state index >= 15 is 0 Å². The highest BCUT2D eigenvalue weighted by molar-refractivity contribution is 9.10. The van der Waals surface area contributed by atoms with Crippen molar-refractivity contribution < 1.29 is 5.11 Å². The maximum atomic E-state index is 9.20. The van der Waals surface area contributed by atoms with Crippen LogP contribution in [0.15, 0.2) is 15.9 Å². The fourth-order valence-corrected chi connectivity index (χ4v) is 2.92. The fourth-order valence-electron chi connectivity index (χ4n) is 1.48. The smallest absolute Gasteiger partial charge is 0.0584 e. The van der Waals surface area contributed by atoms with E-state index in [1.165, 1.54) is 4.88 Å². The summed E-state index contributed by atoms with van der Waals surface area (Å²) in [5.74, 6) is 0.612. The van der Waals surface area contributed by atoms with Crippen LogP contribution >= 0.6 is 27.3 Å². The van der Waals surface area contributed by atoms with E-state index < -0.39 is 0 Å². The normalized spacial score (nSPS) is 13.4. The van der Waals surface area contributed by atoms with Crippen molar-refractivity contribution in [1.29, 1.82) is 0 Å². The molecule has 0 aromatic carbocycles. The predicted octanol–water partition coefficient (Wildman–Crippen LogP) is 3.01. The van der Waals surface area contributed by atoms with Crippen molar-refractivity contribution in [2.75, 3.05) is 6.61 Å². The molecule has 1 aromatic rings. The summed E-state index contributed by atoms with van der Waals surface area (Å²) >= 11 is 5.23. The van der Waals surface area contributed by atoms with Gasteiger partial charge in [-0.25, -0.2) is 0 Å². The summed E-state index contributed by atoms with van der Waals surface area (Å²) in [4.78, 5) is 1.29. The number of halogens is 1. The molecule has 1 heterocycles. The van der Waals surface area contributed by atoms with Crippen molar-refractivity contribution in [3.05, 3.63) is 20.8 Å². The van der Waals surface area contributed by atoms with Gasteiger partial charge in [0, 0.05) is 21.9 Å². The van der Waals surface area contributed by atoms with Crippen LogP contribution in [0.25, 0.3) is 0 Å². The third kappa shape index (κ3) is 4.64. The Kier molecular flexibility index (Phi) is 5.82. The van der Waals surface area contributed by atoms with Crippen molar-refractivity contribution in [2.24, 2.45) is 5.92 Å². The molecular formula is C11H18BrNOS. The first-order valence-corrected chi connectivity index (χ1v) is 6.86. The molecule has 0 radical (unpaired) electrons. The van der Waals surface area contributed by atoms with E-state index in [4.69, 9.17) is 0 Å². The number of thiophene rings is 1. The van der Waals surface area contributed by atoms with Crippen LogP contribution in [-0.4, -0.2) is 17.8 Å². The molecule has 0 saturated carbocycles. The Labute approximate surface area is 104 Å². The maximum Gasteiger partial charge on any atom is 0.0584 e. The summed E-state index contributed by atoms with van der Waals surface area (Å²) in [5.41, 5.74) is 0. The lowest BCUT2D eigenvalue weighted by atomic mass is 10.0. The molecule has 0 aliphatic rings. The van der Waals surface area contributed by atoms with E-state index in [1.54, 1.807) is 11.3 Å². The van der Waals surface area contributed by atoms with Gasteiger partial charge in [-0.3, -0.25) is 0 Å². The number of hydrogen-bond donors (Lipinski definition) is 2. The highest BCUT2D eigenvalue weighted by Crippen LogP contribution is 2.22. The molecule has 0 aliphatic heterocycles. The lowest BCUT2D eigenvalue weighted by Crippen LogP contribution is -2.33. The Balaban J connectivity index is 2.37. The van der Waals surface area contributed by atoms with Crippen LogP contribution in [0.3, 0.4) is 0 Å². The van der Waals surface area contributed by atoms with E-state index in [2.05, 4.69) is 46.5 Å². The molecule has 1 rings (SSSR count). The number of aliphatic hydroxyl groups excluding tert-OH is 1. The zero-order chi connectivity index (χ0) is 11.3. The van der Waals surface area contributed by atoms with Gasteiger partial charge >= 0.3 is 0 Å². The van der Waals surface area contributed by atoms with Crippen LogP contribution < -0.4 is 5.32 Å². The average molecular weight is 292 g/mol. The summed E-state index contributed by atoms with van der Waals surface area (Å²) in [6.45, 7) is 5.38. The van der Waals surface area contributed by atoms with Gasteiger partial charge in [-0.15, -0.1) is 11.3 Å².